The zero-order valence-corrected chi connectivity index (χ0v) is 19.8. The number of halogens is 1. The lowest BCUT2D eigenvalue weighted by Gasteiger charge is -2.25. The molecule has 1 aliphatic rings. The van der Waals surface area contributed by atoms with Gasteiger partial charge < -0.3 is 19.5 Å². The average molecular weight is 535 g/mol. The van der Waals surface area contributed by atoms with E-state index in [1.807, 2.05) is 31.2 Å². The van der Waals surface area contributed by atoms with Gasteiger partial charge in [-0.25, -0.2) is 0 Å². The number of amides is 1. The number of methoxy groups -OCH3 is 1. The number of likely N-dealkylation sites (tertiary alicyclic amines) is 1. The first-order valence-corrected chi connectivity index (χ1v) is 11.3. The predicted molar refractivity (Wildman–Crippen MR) is 127 cm³/mol. The average Bonchev–Trinajstić information content (AvgIpc) is 3.03. The highest BCUT2D eigenvalue weighted by molar-refractivity contribution is 14.1. The standard InChI is InChI=1S/C24H26INO5/c1-3-13-31-19-7-4-6-17(15-19)22(27)20-21(16-8-10-18(25)11-9-16)26(12-5-14-30-2)24(29)23(20)28/h4,6-11,15,21,27H,3,5,12-14H2,1-2H3. The number of carbonyl (C=O) groups excluding carboxylic acids is 2. The van der Waals surface area contributed by atoms with E-state index in [0.717, 1.165) is 15.6 Å². The van der Waals surface area contributed by atoms with Gasteiger partial charge in [-0.05, 0) is 65.3 Å². The van der Waals surface area contributed by atoms with E-state index in [4.69, 9.17) is 9.47 Å². The lowest BCUT2D eigenvalue weighted by molar-refractivity contribution is -0.140. The molecular weight excluding hydrogens is 509 g/mol. The van der Waals surface area contributed by atoms with Gasteiger partial charge in [0, 0.05) is 29.4 Å². The molecule has 164 valence electrons. The number of hydrogen-bond acceptors (Lipinski definition) is 5. The van der Waals surface area contributed by atoms with Crippen LogP contribution < -0.4 is 4.74 Å². The van der Waals surface area contributed by atoms with Gasteiger partial charge in [0.1, 0.15) is 11.5 Å². The van der Waals surface area contributed by atoms with E-state index in [1.165, 1.54) is 4.90 Å². The van der Waals surface area contributed by atoms with Crippen LogP contribution in [0.2, 0.25) is 0 Å². The Labute approximate surface area is 196 Å². The van der Waals surface area contributed by atoms with Crippen LogP contribution in [-0.2, 0) is 14.3 Å². The summed E-state index contributed by atoms with van der Waals surface area (Å²) >= 11 is 2.20. The number of ketones is 1. The van der Waals surface area contributed by atoms with Crippen LogP contribution in [-0.4, -0.2) is 48.6 Å². The number of ether oxygens (including phenoxy) is 2. The predicted octanol–water partition coefficient (Wildman–Crippen LogP) is 4.54. The van der Waals surface area contributed by atoms with Crippen molar-refractivity contribution in [3.05, 3.63) is 68.8 Å². The second-order valence-electron chi connectivity index (χ2n) is 7.27. The molecule has 1 unspecified atom stereocenters. The van der Waals surface area contributed by atoms with Crippen molar-refractivity contribution in [3.63, 3.8) is 0 Å². The molecule has 0 aromatic heterocycles. The van der Waals surface area contributed by atoms with Crippen molar-refractivity contribution in [1.82, 2.24) is 4.90 Å². The van der Waals surface area contributed by atoms with Crippen LogP contribution in [0.15, 0.2) is 54.1 Å². The fourth-order valence-corrected chi connectivity index (χ4v) is 3.95. The summed E-state index contributed by atoms with van der Waals surface area (Å²) in [5.41, 5.74) is 1.31. The second kappa shape index (κ2) is 10.8. The molecule has 0 saturated carbocycles. The largest absolute Gasteiger partial charge is 0.507 e. The normalized spacial score (nSPS) is 17.9. The molecule has 1 saturated heterocycles. The summed E-state index contributed by atoms with van der Waals surface area (Å²) in [6.07, 6.45) is 1.44. The van der Waals surface area contributed by atoms with Crippen molar-refractivity contribution in [1.29, 1.82) is 0 Å². The second-order valence-corrected chi connectivity index (χ2v) is 8.51. The lowest BCUT2D eigenvalue weighted by Crippen LogP contribution is -2.31. The van der Waals surface area contributed by atoms with Gasteiger partial charge in [-0.3, -0.25) is 9.59 Å². The van der Waals surface area contributed by atoms with Crippen molar-refractivity contribution in [3.8, 4) is 5.75 Å². The minimum atomic E-state index is -0.682. The van der Waals surface area contributed by atoms with Gasteiger partial charge >= 0.3 is 0 Å². The van der Waals surface area contributed by atoms with Crippen LogP contribution in [0.5, 0.6) is 5.75 Å². The molecule has 2 aromatic rings. The molecule has 1 amide bonds. The molecule has 1 fully saturated rings. The first-order valence-electron chi connectivity index (χ1n) is 10.2. The summed E-state index contributed by atoms with van der Waals surface area (Å²) in [4.78, 5) is 27.4. The molecule has 0 spiro atoms. The van der Waals surface area contributed by atoms with E-state index < -0.39 is 17.7 Å². The highest BCUT2D eigenvalue weighted by Crippen LogP contribution is 2.39. The fourth-order valence-electron chi connectivity index (χ4n) is 3.59. The Kier molecular flexibility index (Phi) is 8.09. The number of benzene rings is 2. The van der Waals surface area contributed by atoms with E-state index in [0.29, 0.717) is 37.5 Å². The topological polar surface area (TPSA) is 76.1 Å². The highest BCUT2D eigenvalue weighted by Gasteiger charge is 2.45. The zero-order chi connectivity index (χ0) is 22.4. The van der Waals surface area contributed by atoms with E-state index in [-0.39, 0.29) is 11.3 Å². The van der Waals surface area contributed by atoms with Crippen LogP contribution >= 0.6 is 22.6 Å². The molecule has 1 heterocycles. The van der Waals surface area contributed by atoms with E-state index in [9.17, 15) is 14.7 Å². The number of hydrogen-bond donors (Lipinski definition) is 1. The van der Waals surface area contributed by atoms with Crippen molar-refractivity contribution < 1.29 is 24.2 Å². The summed E-state index contributed by atoms with van der Waals surface area (Å²) in [6.45, 7) is 3.39. The minimum absolute atomic E-state index is 0.0938. The summed E-state index contributed by atoms with van der Waals surface area (Å²) in [6, 6.07) is 13.9. The molecule has 31 heavy (non-hydrogen) atoms. The lowest BCUT2D eigenvalue weighted by atomic mass is 9.95. The summed E-state index contributed by atoms with van der Waals surface area (Å²) in [7, 11) is 1.60. The molecule has 2 aromatic carbocycles. The Hall–Kier alpha value is -2.39. The Morgan fingerprint density at radius 2 is 1.87 bits per heavy atom. The Morgan fingerprint density at radius 3 is 2.55 bits per heavy atom. The van der Waals surface area contributed by atoms with Crippen molar-refractivity contribution >= 4 is 40.0 Å². The highest BCUT2D eigenvalue weighted by atomic mass is 127. The van der Waals surface area contributed by atoms with Gasteiger partial charge in [0.2, 0.25) is 0 Å². The van der Waals surface area contributed by atoms with E-state index in [2.05, 4.69) is 22.6 Å². The van der Waals surface area contributed by atoms with Gasteiger partial charge in [0.15, 0.2) is 0 Å². The van der Waals surface area contributed by atoms with Crippen molar-refractivity contribution in [2.45, 2.75) is 25.8 Å². The molecule has 3 rings (SSSR count). The molecule has 1 atom stereocenters. The quantitative estimate of drug-likeness (QED) is 0.168. The monoisotopic (exact) mass is 535 g/mol. The summed E-state index contributed by atoms with van der Waals surface area (Å²) in [5.74, 6) is -0.887. The Morgan fingerprint density at radius 1 is 1.13 bits per heavy atom. The van der Waals surface area contributed by atoms with Crippen LogP contribution in [0.3, 0.4) is 0 Å². The maximum Gasteiger partial charge on any atom is 0.295 e. The van der Waals surface area contributed by atoms with Gasteiger partial charge in [0.25, 0.3) is 11.7 Å². The fraction of sp³-hybridized carbons (Fsp3) is 0.333. The van der Waals surface area contributed by atoms with Crippen molar-refractivity contribution in [2.24, 2.45) is 0 Å². The molecule has 6 nitrogen and oxygen atoms in total. The first kappa shape index (κ1) is 23.3. The third-order valence-corrected chi connectivity index (χ3v) is 5.77. The van der Waals surface area contributed by atoms with Gasteiger partial charge in [-0.15, -0.1) is 0 Å². The SMILES string of the molecule is CCCOc1cccc(C(O)=C2C(=O)C(=O)N(CCCOC)C2c2ccc(I)cc2)c1. The molecule has 1 N–H and O–H groups in total. The molecule has 0 aliphatic carbocycles. The summed E-state index contributed by atoms with van der Waals surface area (Å²) in [5, 5.41) is 11.1. The number of carbonyl (C=O) groups is 2. The molecular formula is C24H26INO5. The Balaban J connectivity index is 2.07. The van der Waals surface area contributed by atoms with Gasteiger partial charge in [-0.2, -0.15) is 0 Å². The van der Waals surface area contributed by atoms with Crippen LogP contribution in [0, 0.1) is 3.57 Å². The van der Waals surface area contributed by atoms with Crippen LogP contribution in [0.4, 0.5) is 0 Å². The zero-order valence-electron chi connectivity index (χ0n) is 17.6. The third kappa shape index (κ3) is 5.27. The maximum atomic E-state index is 13.0. The molecule has 1 aliphatic heterocycles. The maximum absolute atomic E-state index is 13.0. The minimum Gasteiger partial charge on any atom is -0.507 e. The van der Waals surface area contributed by atoms with Crippen LogP contribution in [0.1, 0.15) is 36.9 Å². The van der Waals surface area contributed by atoms with Crippen molar-refractivity contribution in [2.75, 3.05) is 26.9 Å². The molecule has 0 bridgehead atoms. The van der Waals surface area contributed by atoms with E-state index in [1.54, 1.807) is 31.4 Å². The first-order chi connectivity index (χ1) is 15.0. The summed E-state index contributed by atoms with van der Waals surface area (Å²) < 4.78 is 11.8. The third-order valence-electron chi connectivity index (χ3n) is 5.05. The van der Waals surface area contributed by atoms with Crippen LogP contribution in [0.25, 0.3) is 5.76 Å². The number of Topliss-reactive ketones (excluding diaryl/α,β-unsaturated/α-hetero) is 1. The number of nitrogens with zero attached hydrogens (tertiary/aromatic N) is 1. The number of aliphatic hydroxyl groups is 1. The number of rotatable bonds is 9. The molecule has 0 radical (unpaired) electrons. The molecule has 7 heteroatoms. The van der Waals surface area contributed by atoms with Gasteiger partial charge in [-0.1, -0.05) is 31.2 Å². The smallest absolute Gasteiger partial charge is 0.295 e. The van der Waals surface area contributed by atoms with E-state index >= 15 is 0 Å². The Bertz CT molecular complexity index is 970. The van der Waals surface area contributed by atoms with Gasteiger partial charge in [0.05, 0.1) is 18.2 Å². The number of aliphatic hydroxyl groups excluding tert-OH is 1.